The molecule has 6 nitrogen and oxygen atoms in total. The molecule has 1 aromatic carbocycles. The maximum absolute atomic E-state index is 12.4. The smallest absolute Gasteiger partial charge is 0.354 e. The van der Waals surface area contributed by atoms with Crippen LogP contribution in [0.15, 0.2) is 36.4 Å². The zero-order chi connectivity index (χ0) is 15.1. The fourth-order valence-electron chi connectivity index (χ4n) is 2.23. The minimum Gasteiger partial charge on any atom is -0.477 e. The summed E-state index contributed by atoms with van der Waals surface area (Å²) in [5.41, 5.74) is 1.25. The highest BCUT2D eigenvalue weighted by molar-refractivity contribution is 6.34. The van der Waals surface area contributed by atoms with Crippen molar-refractivity contribution in [3.05, 3.63) is 58.8 Å². The summed E-state index contributed by atoms with van der Waals surface area (Å²) in [5.74, 6) is -2.19. The highest BCUT2D eigenvalue weighted by Crippen LogP contribution is 2.27. The first-order chi connectivity index (χ1) is 9.99. The highest BCUT2D eigenvalue weighted by atomic mass is 16.4. The summed E-state index contributed by atoms with van der Waals surface area (Å²) in [7, 11) is 0. The highest BCUT2D eigenvalue weighted by Gasteiger charge is 2.37. The van der Waals surface area contributed by atoms with Gasteiger partial charge in [-0.2, -0.15) is 0 Å². The first kappa shape index (κ1) is 13.0. The normalized spacial score (nSPS) is 13.5. The predicted molar refractivity (Wildman–Crippen MR) is 73.5 cm³/mol. The van der Waals surface area contributed by atoms with E-state index in [2.05, 4.69) is 4.98 Å². The lowest BCUT2D eigenvalue weighted by Gasteiger charge is -2.12. The van der Waals surface area contributed by atoms with Gasteiger partial charge in [0.05, 0.1) is 11.1 Å². The molecule has 1 N–H and O–H groups in total. The number of benzene rings is 1. The fourth-order valence-corrected chi connectivity index (χ4v) is 2.23. The molecule has 6 heteroatoms. The van der Waals surface area contributed by atoms with Crippen molar-refractivity contribution in [1.29, 1.82) is 0 Å². The molecule has 0 aliphatic carbocycles. The first-order valence-corrected chi connectivity index (χ1v) is 6.19. The Hall–Kier alpha value is -3.02. The topological polar surface area (TPSA) is 87.6 Å². The van der Waals surface area contributed by atoms with Gasteiger partial charge in [-0.25, -0.2) is 14.7 Å². The molecule has 0 spiro atoms. The number of rotatable bonds is 2. The second-order valence-electron chi connectivity index (χ2n) is 4.68. The fraction of sp³-hybridized carbons (Fsp3) is 0.0667. The number of hydrogen-bond acceptors (Lipinski definition) is 4. The Morgan fingerprint density at radius 3 is 2.52 bits per heavy atom. The molecule has 0 saturated heterocycles. The lowest BCUT2D eigenvalue weighted by molar-refractivity contribution is 0.0689. The number of aryl methyl sites for hydroxylation is 1. The summed E-state index contributed by atoms with van der Waals surface area (Å²) < 4.78 is 0. The van der Waals surface area contributed by atoms with Crippen molar-refractivity contribution in [3.63, 3.8) is 0 Å². The second kappa shape index (κ2) is 4.52. The van der Waals surface area contributed by atoms with E-state index in [0.717, 1.165) is 10.5 Å². The molecule has 1 aromatic heterocycles. The van der Waals surface area contributed by atoms with Gasteiger partial charge in [-0.1, -0.05) is 17.7 Å². The van der Waals surface area contributed by atoms with Crippen LogP contribution in [0.2, 0.25) is 0 Å². The van der Waals surface area contributed by atoms with Crippen molar-refractivity contribution < 1.29 is 19.5 Å². The molecule has 1 aliphatic rings. The van der Waals surface area contributed by atoms with Crippen LogP contribution in [0.5, 0.6) is 0 Å². The van der Waals surface area contributed by atoms with Gasteiger partial charge in [0.2, 0.25) is 0 Å². The molecule has 0 atom stereocenters. The van der Waals surface area contributed by atoms with Crippen LogP contribution in [0.25, 0.3) is 0 Å². The van der Waals surface area contributed by atoms with Crippen LogP contribution in [0.3, 0.4) is 0 Å². The van der Waals surface area contributed by atoms with Crippen LogP contribution in [-0.2, 0) is 0 Å². The van der Waals surface area contributed by atoms with E-state index < -0.39 is 17.8 Å². The van der Waals surface area contributed by atoms with Gasteiger partial charge in [0.15, 0.2) is 5.69 Å². The third kappa shape index (κ3) is 1.97. The summed E-state index contributed by atoms with van der Waals surface area (Å²) >= 11 is 0. The number of imide groups is 1. The van der Waals surface area contributed by atoms with E-state index in [9.17, 15) is 14.4 Å². The predicted octanol–water partition coefficient (Wildman–Crippen LogP) is 1.89. The number of hydrogen-bond donors (Lipinski definition) is 1. The second-order valence-corrected chi connectivity index (χ2v) is 4.68. The molecular weight excluding hydrogens is 272 g/mol. The lowest BCUT2D eigenvalue weighted by atomic mass is 10.1. The number of aromatic carboxylic acids is 1. The molecule has 2 heterocycles. The monoisotopic (exact) mass is 282 g/mol. The van der Waals surface area contributed by atoms with Crippen molar-refractivity contribution in [2.45, 2.75) is 6.92 Å². The van der Waals surface area contributed by atoms with Crippen LogP contribution < -0.4 is 4.90 Å². The first-order valence-electron chi connectivity index (χ1n) is 6.19. The summed E-state index contributed by atoms with van der Waals surface area (Å²) in [5, 5.41) is 8.94. The molecule has 2 aromatic rings. The average Bonchev–Trinajstić information content (AvgIpc) is 2.70. The third-order valence-corrected chi connectivity index (χ3v) is 3.22. The lowest BCUT2D eigenvalue weighted by Crippen LogP contribution is -2.30. The summed E-state index contributed by atoms with van der Waals surface area (Å²) in [6.07, 6.45) is 0. The number of carbonyl (C=O) groups excluding carboxylic acids is 2. The number of aromatic nitrogens is 1. The Labute approximate surface area is 119 Å². The molecule has 0 saturated carbocycles. The van der Waals surface area contributed by atoms with Crippen LogP contribution in [0, 0.1) is 6.92 Å². The molecule has 0 radical (unpaired) electrons. The third-order valence-electron chi connectivity index (χ3n) is 3.22. The standard InChI is InChI=1S/C15H10N2O4/c1-8-5-6-9-10(7-8)14(19)17(13(9)18)12-4-2-3-11(16-12)15(20)21/h2-7H,1H3,(H,20,21). The Kier molecular flexibility index (Phi) is 2.79. The van der Waals surface area contributed by atoms with Gasteiger partial charge in [-0.05, 0) is 31.2 Å². The van der Waals surface area contributed by atoms with Crippen LogP contribution in [0.1, 0.15) is 36.8 Å². The molecule has 21 heavy (non-hydrogen) atoms. The van der Waals surface area contributed by atoms with Crippen molar-refractivity contribution in [2.24, 2.45) is 0 Å². The molecule has 3 rings (SSSR count). The molecule has 0 fully saturated rings. The van der Waals surface area contributed by atoms with Crippen LogP contribution in [-0.4, -0.2) is 27.9 Å². The molecule has 0 bridgehead atoms. The summed E-state index contributed by atoms with van der Waals surface area (Å²) in [6.45, 7) is 1.82. The SMILES string of the molecule is Cc1ccc2c(c1)C(=O)N(c1cccc(C(=O)O)n1)C2=O. The number of anilines is 1. The van der Waals surface area contributed by atoms with E-state index in [1.165, 1.54) is 18.2 Å². The molecule has 104 valence electrons. The van der Waals surface area contributed by atoms with Crippen molar-refractivity contribution in [2.75, 3.05) is 4.90 Å². The van der Waals surface area contributed by atoms with E-state index in [-0.39, 0.29) is 11.5 Å². The maximum Gasteiger partial charge on any atom is 0.354 e. The number of carboxylic acid groups (broad SMARTS) is 1. The Bertz CT molecular complexity index is 798. The number of nitrogens with zero attached hydrogens (tertiary/aromatic N) is 2. The van der Waals surface area contributed by atoms with Crippen LogP contribution in [0.4, 0.5) is 5.82 Å². The van der Waals surface area contributed by atoms with Gasteiger partial charge in [-0.3, -0.25) is 9.59 Å². The number of carbonyl (C=O) groups is 3. The Balaban J connectivity index is 2.10. The molecule has 0 unspecified atom stereocenters. The number of amides is 2. The van der Waals surface area contributed by atoms with Gasteiger partial charge in [-0.15, -0.1) is 0 Å². The largest absolute Gasteiger partial charge is 0.477 e. The Morgan fingerprint density at radius 2 is 1.81 bits per heavy atom. The van der Waals surface area contributed by atoms with E-state index in [0.29, 0.717) is 11.1 Å². The minimum absolute atomic E-state index is 0.0127. The molecule has 2 amide bonds. The van der Waals surface area contributed by atoms with E-state index in [1.807, 2.05) is 6.92 Å². The van der Waals surface area contributed by atoms with E-state index in [4.69, 9.17) is 5.11 Å². The zero-order valence-electron chi connectivity index (χ0n) is 11.0. The van der Waals surface area contributed by atoms with E-state index >= 15 is 0 Å². The number of carboxylic acids is 1. The average molecular weight is 282 g/mol. The van der Waals surface area contributed by atoms with Crippen molar-refractivity contribution >= 4 is 23.6 Å². The van der Waals surface area contributed by atoms with Crippen LogP contribution >= 0.6 is 0 Å². The molecular formula is C15H10N2O4. The van der Waals surface area contributed by atoms with Crippen molar-refractivity contribution in [1.82, 2.24) is 4.98 Å². The number of pyridine rings is 1. The molecule has 1 aliphatic heterocycles. The van der Waals surface area contributed by atoms with Gasteiger partial charge in [0.1, 0.15) is 5.82 Å². The van der Waals surface area contributed by atoms with Crippen molar-refractivity contribution in [3.8, 4) is 0 Å². The number of fused-ring (bicyclic) bond motifs is 1. The summed E-state index contributed by atoms with van der Waals surface area (Å²) in [4.78, 5) is 40.4. The Morgan fingerprint density at radius 1 is 1.10 bits per heavy atom. The zero-order valence-corrected chi connectivity index (χ0v) is 11.0. The quantitative estimate of drug-likeness (QED) is 0.850. The van der Waals surface area contributed by atoms with E-state index in [1.54, 1.807) is 18.2 Å². The van der Waals surface area contributed by atoms with Gasteiger partial charge >= 0.3 is 5.97 Å². The summed E-state index contributed by atoms with van der Waals surface area (Å²) in [6, 6.07) is 9.15. The minimum atomic E-state index is -1.22. The maximum atomic E-state index is 12.4. The van der Waals surface area contributed by atoms with Gasteiger partial charge < -0.3 is 5.11 Å². The van der Waals surface area contributed by atoms with Gasteiger partial charge in [0.25, 0.3) is 11.8 Å². The van der Waals surface area contributed by atoms with Gasteiger partial charge in [0, 0.05) is 0 Å².